The summed E-state index contributed by atoms with van der Waals surface area (Å²) in [6.45, 7) is 2.22. The minimum Gasteiger partial charge on any atom is -0.490 e. The van der Waals surface area contributed by atoms with E-state index in [-0.39, 0.29) is 6.10 Å². The van der Waals surface area contributed by atoms with Gasteiger partial charge < -0.3 is 19.1 Å². The highest BCUT2D eigenvalue weighted by Crippen LogP contribution is 2.25. The second-order valence-electron chi connectivity index (χ2n) is 6.60. The van der Waals surface area contributed by atoms with Crippen molar-refractivity contribution in [2.24, 2.45) is 4.99 Å². The van der Waals surface area contributed by atoms with Crippen LogP contribution < -0.4 is 9.47 Å². The van der Waals surface area contributed by atoms with E-state index in [1.165, 1.54) is 32.1 Å². The van der Waals surface area contributed by atoms with Crippen LogP contribution in [0.15, 0.2) is 41.5 Å². The molecule has 0 unspecified atom stereocenters. The average molecular weight is 328 g/mol. The highest BCUT2D eigenvalue weighted by molar-refractivity contribution is 5.77. The first-order valence-corrected chi connectivity index (χ1v) is 8.91. The van der Waals surface area contributed by atoms with Gasteiger partial charge in [0.2, 0.25) is 0 Å². The van der Waals surface area contributed by atoms with Crippen molar-refractivity contribution < 1.29 is 14.2 Å². The monoisotopic (exact) mass is 328 g/mol. The zero-order valence-electron chi connectivity index (χ0n) is 13.9. The van der Waals surface area contributed by atoms with Crippen LogP contribution in [0.25, 0.3) is 0 Å². The van der Waals surface area contributed by atoms with E-state index >= 15 is 0 Å². The molecule has 5 nitrogen and oxygen atoms in total. The quantitative estimate of drug-likeness (QED) is 0.831. The van der Waals surface area contributed by atoms with Gasteiger partial charge in [-0.15, -0.1) is 0 Å². The maximum absolute atomic E-state index is 6.04. The summed E-state index contributed by atoms with van der Waals surface area (Å²) in [6, 6.07) is 8.65. The lowest BCUT2D eigenvalue weighted by Gasteiger charge is -2.23. The van der Waals surface area contributed by atoms with Gasteiger partial charge in [0.25, 0.3) is 6.02 Å². The van der Waals surface area contributed by atoms with E-state index in [4.69, 9.17) is 14.2 Å². The normalized spacial score (nSPS) is 23.4. The predicted octanol–water partition coefficient (Wildman–Crippen LogP) is 3.36. The molecule has 0 bridgehead atoms. The maximum Gasteiger partial charge on any atom is 0.292 e. The predicted molar refractivity (Wildman–Crippen MR) is 92.5 cm³/mol. The Kier molecular flexibility index (Phi) is 4.58. The molecule has 0 N–H and O–H groups in total. The molecule has 1 atom stereocenters. The third-order valence-electron chi connectivity index (χ3n) is 4.70. The number of amidine groups is 1. The van der Waals surface area contributed by atoms with Crippen molar-refractivity contribution in [1.29, 1.82) is 0 Å². The molecule has 1 saturated heterocycles. The van der Waals surface area contributed by atoms with E-state index in [2.05, 4.69) is 9.89 Å². The third kappa shape index (κ3) is 3.66. The Balaban J connectivity index is 1.25. The second kappa shape index (κ2) is 7.16. The van der Waals surface area contributed by atoms with Crippen molar-refractivity contribution in [3.63, 3.8) is 0 Å². The SMILES string of the molecule is C1=CN=C2O[C@H](COc3ccc(OC4CCCCC4)cc3)CN2C1. The fourth-order valence-electron chi connectivity index (χ4n) is 3.41. The summed E-state index contributed by atoms with van der Waals surface area (Å²) in [6.07, 6.45) is 10.5. The molecule has 2 fully saturated rings. The molecule has 1 aromatic carbocycles. The van der Waals surface area contributed by atoms with Crippen molar-refractivity contribution in [3.05, 3.63) is 36.5 Å². The Hall–Kier alpha value is -2.17. The van der Waals surface area contributed by atoms with Gasteiger partial charge in [-0.05, 0) is 56.0 Å². The molecular weight excluding hydrogens is 304 g/mol. The van der Waals surface area contributed by atoms with E-state index < -0.39 is 0 Å². The lowest BCUT2D eigenvalue weighted by molar-refractivity contribution is 0.145. The lowest BCUT2D eigenvalue weighted by Crippen LogP contribution is -2.28. The third-order valence-corrected chi connectivity index (χ3v) is 4.70. The standard InChI is InChI=1S/C19H24N2O3/c1-2-5-16(6-3-1)23-17-9-7-15(8-10-17)22-14-18-13-21-12-4-11-20-19(21)24-18/h4,7-11,16,18H,1-3,5-6,12-14H2/t18-/m0/s1. The molecule has 0 radical (unpaired) electrons. The van der Waals surface area contributed by atoms with Crippen LogP contribution in [0.1, 0.15) is 32.1 Å². The Morgan fingerprint density at radius 1 is 1.08 bits per heavy atom. The van der Waals surface area contributed by atoms with Gasteiger partial charge in [-0.25, -0.2) is 4.99 Å². The highest BCUT2D eigenvalue weighted by atomic mass is 16.6. The number of fused-ring (bicyclic) bond motifs is 1. The number of aliphatic imine (C=N–C) groups is 1. The van der Waals surface area contributed by atoms with Gasteiger partial charge in [0.1, 0.15) is 18.1 Å². The van der Waals surface area contributed by atoms with Crippen molar-refractivity contribution in [2.75, 3.05) is 19.7 Å². The largest absolute Gasteiger partial charge is 0.490 e. The topological polar surface area (TPSA) is 43.3 Å². The Morgan fingerprint density at radius 3 is 2.67 bits per heavy atom. The summed E-state index contributed by atoms with van der Waals surface area (Å²) in [7, 11) is 0. The van der Waals surface area contributed by atoms with Crippen LogP contribution in [0.2, 0.25) is 0 Å². The van der Waals surface area contributed by atoms with Gasteiger partial charge in [0.05, 0.1) is 12.6 Å². The van der Waals surface area contributed by atoms with Gasteiger partial charge in [-0.3, -0.25) is 0 Å². The molecule has 1 saturated carbocycles. The zero-order valence-corrected chi connectivity index (χ0v) is 13.9. The van der Waals surface area contributed by atoms with Crippen molar-refractivity contribution in [1.82, 2.24) is 4.90 Å². The molecule has 2 aliphatic heterocycles. The van der Waals surface area contributed by atoms with Crippen LogP contribution in [0.3, 0.4) is 0 Å². The van der Waals surface area contributed by atoms with Crippen molar-refractivity contribution >= 4 is 6.02 Å². The number of hydrogen-bond donors (Lipinski definition) is 0. The molecule has 0 amide bonds. The molecule has 5 heteroatoms. The molecule has 3 aliphatic rings. The van der Waals surface area contributed by atoms with E-state index in [1.54, 1.807) is 6.20 Å². The molecule has 2 heterocycles. The van der Waals surface area contributed by atoms with Crippen LogP contribution in [0, 0.1) is 0 Å². The summed E-state index contributed by atoms with van der Waals surface area (Å²) in [5.41, 5.74) is 0. The first-order chi connectivity index (χ1) is 11.9. The van der Waals surface area contributed by atoms with E-state index in [0.29, 0.717) is 18.7 Å². The van der Waals surface area contributed by atoms with Gasteiger partial charge in [0, 0.05) is 12.7 Å². The number of ether oxygens (including phenoxy) is 3. The van der Waals surface area contributed by atoms with Crippen LogP contribution in [0.4, 0.5) is 0 Å². The van der Waals surface area contributed by atoms with Crippen LogP contribution in [-0.4, -0.2) is 42.8 Å². The van der Waals surface area contributed by atoms with Gasteiger partial charge in [-0.1, -0.05) is 6.42 Å². The second-order valence-corrected chi connectivity index (χ2v) is 6.60. The van der Waals surface area contributed by atoms with Crippen LogP contribution in [-0.2, 0) is 4.74 Å². The van der Waals surface area contributed by atoms with E-state index in [9.17, 15) is 0 Å². The number of rotatable bonds is 5. The number of nitrogens with zero attached hydrogens (tertiary/aromatic N) is 2. The van der Waals surface area contributed by atoms with Crippen LogP contribution >= 0.6 is 0 Å². The first kappa shape index (κ1) is 15.4. The summed E-state index contributed by atoms with van der Waals surface area (Å²) in [5.74, 6) is 1.78. The van der Waals surface area contributed by atoms with Crippen LogP contribution in [0.5, 0.6) is 11.5 Å². The molecule has 1 aromatic rings. The fourth-order valence-corrected chi connectivity index (χ4v) is 3.41. The van der Waals surface area contributed by atoms with E-state index in [0.717, 1.165) is 24.6 Å². The Bertz CT molecular complexity index is 606. The van der Waals surface area contributed by atoms with Crippen molar-refractivity contribution in [2.45, 2.75) is 44.3 Å². The smallest absolute Gasteiger partial charge is 0.292 e. The van der Waals surface area contributed by atoms with Gasteiger partial charge in [-0.2, -0.15) is 0 Å². The fraction of sp³-hybridized carbons (Fsp3) is 0.526. The van der Waals surface area contributed by atoms with Gasteiger partial charge in [0.15, 0.2) is 6.10 Å². The molecule has 0 spiro atoms. The molecule has 128 valence electrons. The minimum absolute atomic E-state index is 0.0295. The average Bonchev–Trinajstić information content (AvgIpc) is 3.05. The molecule has 0 aromatic heterocycles. The van der Waals surface area contributed by atoms with Crippen molar-refractivity contribution in [3.8, 4) is 11.5 Å². The molecule has 4 rings (SSSR count). The summed E-state index contributed by atoms with van der Waals surface area (Å²) in [4.78, 5) is 6.35. The Morgan fingerprint density at radius 2 is 1.88 bits per heavy atom. The molecule has 1 aliphatic carbocycles. The maximum atomic E-state index is 6.04. The van der Waals surface area contributed by atoms with Gasteiger partial charge >= 0.3 is 0 Å². The summed E-state index contributed by atoms with van der Waals surface area (Å²) in [5, 5.41) is 0. The first-order valence-electron chi connectivity index (χ1n) is 8.91. The Labute approximate surface area is 142 Å². The molecular formula is C19H24N2O3. The number of hydrogen-bond acceptors (Lipinski definition) is 5. The lowest BCUT2D eigenvalue weighted by atomic mass is 9.98. The minimum atomic E-state index is 0.0295. The summed E-state index contributed by atoms with van der Waals surface area (Å²) >= 11 is 0. The number of benzene rings is 1. The zero-order chi connectivity index (χ0) is 16.2. The summed E-state index contributed by atoms with van der Waals surface area (Å²) < 4.78 is 17.7. The van der Waals surface area contributed by atoms with E-state index in [1.807, 2.05) is 30.3 Å². The highest BCUT2D eigenvalue weighted by Gasteiger charge is 2.30. The molecule has 24 heavy (non-hydrogen) atoms.